The topological polar surface area (TPSA) is 20.2 Å². The Morgan fingerprint density at radius 2 is 1.23 bits per heavy atom. The van der Waals surface area contributed by atoms with Crippen LogP contribution in [0.3, 0.4) is 0 Å². The molecule has 0 amide bonds. The molecule has 2 rings (SSSR count). The maximum absolute atomic E-state index is 11.1. The molecule has 22 heavy (non-hydrogen) atoms. The summed E-state index contributed by atoms with van der Waals surface area (Å²) in [6, 6.07) is 10.2. The molecular weight excluding hydrogens is 268 g/mol. The molecule has 0 heterocycles. The molecular formula is C21H32O. The first-order chi connectivity index (χ1) is 10.8. The van der Waals surface area contributed by atoms with Gasteiger partial charge in [-0.15, -0.1) is 0 Å². The van der Waals surface area contributed by atoms with Gasteiger partial charge < -0.3 is 5.11 Å². The average Bonchev–Trinajstić information content (AvgIpc) is 2.56. The molecule has 0 aromatic heterocycles. The van der Waals surface area contributed by atoms with Crippen LogP contribution in [0.25, 0.3) is 0 Å². The molecule has 0 fully saturated rings. The van der Waals surface area contributed by atoms with Gasteiger partial charge in [-0.3, -0.25) is 0 Å². The van der Waals surface area contributed by atoms with Crippen LogP contribution in [-0.2, 0) is 5.60 Å². The van der Waals surface area contributed by atoms with Gasteiger partial charge in [0.2, 0.25) is 0 Å². The molecule has 122 valence electrons. The Bertz CT molecular complexity index is 423. The summed E-state index contributed by atoms with van der Waals surface area (Å²) in [5.41, 5.74) is 0.261. The van der Waals surface area contributed by atoms with Gasteiger partial charge in [-0.1, -0.05) is 93.9 Å². The van der Waals surface area contributed by atoms with Crippen molar-refractivity contribution in [2.24, 2.45) is 0 Å². The molecule has 0 saturated heterocycles. The van der Waals surface area contributed by atoms with Crippen molar-refractivity contribution in [1.29, 1.82) is 0 Å². The molecule has 1 unspecified atom stereocenters. The van der Waals surface area contributed by atoms with E-state index in [2.05, 4.69) is 24.3 Å². The van der Waals surface area contributed by atoms with Gasteiger partial charge in [0.1, 0.15) is 5.60 Å². The van der Waals surface area contributed by atoms with E-state index in [4.69, 9.17) is 0 Å². The van der Waals surface area contributed by atoms with Crippen LogP contribution in [0.4, 0.5) is 0 Å². The van der Waals surface area contributed by atoms with Crippen molar-refractivity contribution in [2.45, 2.75) is 82.7 Å². The Labute approximate surface area is 136 Å². The van der Waals surface area contributed by atoms with Gasteiger partial charge in [-0.25, -0.2) is 0 Å². The van der Waals surface area contributed by atoms with Gasteiger partial charge in [0, 0.05) is 0 Å². The fraction of sp³-hybridized carbons (Fsp3) is 0.619. The lowest BCUT2D eigenvalue weighted by atomic mass is 9.87. The maximum atomic E-state index is 11.1. The number of aliphatic hydroxyl groups is 1. The van der Waals surface area contributed by atoms with Gasteiger partial charge >= 0.3 is 0 Å². The fourth-order valence-corrected chi connectivity index (χ4v) is 3.40. The van der Waals surface area contributed by atoms with Crippen LogP contribution in [-0.4, -0.2) is 5.11 Å². The van der Waals surface area contributed by atoms with E-state index in [1.807, 2.05) is 18.2 Å². The van der Waals surface area contributed by atoms with E-state index in [9.17, 15) is 5.11 Å². The van der Waals surface area contributed by atoms with Gasteiger partial charge in [0.05, 0.1) is 0 Å². The van der Waals surface area contributed by atoms with Gasteiger partial charge in [-0.05, 0) is 31.2 Å². The Morgan fingerprint density at radius 3 is 1.86 bits per heavy atom. The number of benzene rings is 1. The van der Waals surface area contributed by atoms with E-state index in [-0.39, 0.29) is 0 Å². The predicted octanol–water partition coefficient (Wildman–Crippen LogP) is 6.13. The maximum Gasteiger partial charge on any atom is 0.108 e. The minimum absolute atomic E-state index is 0.776. The zero-order chi connectivity index (χ0) is 15.5. The first-order valence-corrected chi connectivity index (χ1v) is 9.27. The van der Waals surface area contributed by atoms with E-state index < -0.39 is 5.60 Å². The molecule has 1 atom stereocenters. The van der Waals surface area contributed by atoms with Gasteiger partial charge in [0.15, 0.2) is 0 Å². The van der Waals surface area contributed by atoms with Crippen molar-refractivity contribution in [1.82, 2.24) is 0 Å². The van der Waals surface area contributed by atoms with E-state index in [0.29, 0.717) is 0 Å². The summed E-state index contributed by atoms with van der Waals surface area (Å²) in [7, 11) is 0. The summed E-state index contributed by atoms with van der Waals surface area (Å²) in [5, 5.41) is 11.1. The lowest BCUT2D eigenvalue weighted by molar-refractivity contribution is 0.0760. The average molecular weight is 300 g/mol. The second-order valence-corrected chi connectivity index (χ2v) is 6.77. The lowest BCUT2D eigenvalue weighted by Crippen LogP contribution is -2.22. The summed E-state index contributed by atoms with van der Waals surface area (Å²) in [4.78, 5) is 0. The molecule has 0 radical (unpaired) electrons. The highest BCUT2D eigenvalue weighted by Gasteiger charge is 2.24. The van der Waals surface area contributed by atoms with E-state index in [1.54, 1.807) is 0 Å². The quantitative estimate of drug-likeness (QED) is 0.619. The normalized spacial score (nSPS) is 27.5. The highest BCUT2D eigenvalue weighted by Crippen LogP contribution is 2.30. The zero-order valence-electron chi connectivity index (χ0n) is 14.0. The number of rotatable bonds is 1. The SMILES string of the molecule is OC1(c2ccccc2)/C=C/CCCCCCCCCCCC1. The minimum atomic E-state index is -0.776. The molecule has 1 N–H and O–H groups in total. The van der Waals surface area contributed by atoms with Crippen LogP contribution >= 0.6 is 0 Å². The molecule has 1 heteroatoms. The summed E-state index contributed by atoms with van der Waals surface area (Å²) in [5.74, 6) is 0. The van der Waals surface area contributed by atoms with Crippen LogP contribution in [0.15, 0.2) is 42.5 Å². The first kappa shape index (κ1) is 17.3. The van der Waals surface area contributed by atoms with E-state index in [0.717, 1.165) is 24.8 Å². The van der Waals surface area contributed by atoms with Crippen molar-refractivity contribution in [3.05, 3.63) is 48.0 Å². The second-order valence-electron chi connectivity index (χ2n) is 6.77. The Morgan fingerprint density at radius 1 is 0.682 bits per heavy atom. The van der Waals surface area contributed by atoms with Gasteiger partial charge in [0.25, 0.3) is 0 Å². The standard InChI is InChI=1S/C21H32O/c22-21(20-16-12-11-13-17-20)18-14-9-7-5-3-1-2-4-6-8-10-15-19-21/h11-14,16-18,22H,1-10,15,19H2/b18-14+. The molecule has 1 aliphatic carbocycles. The molecule has 0 bridgehead atoms. The second kappa shape index (κ2) is 9.84. The third-order valence-electron chi connectivity index (χ3n) is 4.85. The summed E-state index contributed by atoms with van der Waals surface area (Å²) < 4.78 is 0. The summed E-state index contributed by atoms with van der Waals surface area (Å²) in [6.45, 7) is 0. The lowest BCUT2D eigenvalue weighted by Gasteiger charge is -2.25. The minimum Gasteiger partial charge on any atom is -0.381 e. The van der Waals surface area contributed by atoms with Crippen molar-refractivity contribution in [3.8, 4) is 0 Å². The Kier molecular flexibility index (Phi) is 7.73. The Balaban J connectivity index is 2.00. The molecule has 1 aliphatic rings. The first-order valence-electron chi connectivity index (χ1n) is 9.27. The number of hydrogen-bond donors (Lipinski definition) is 1. The molecule has 0 saturated carbocycles. The van der Waals surface area contributed by atoms with Crippen molar-refractivity contribution in [3.63, 3.8) is 0 Å². The smallest absolute Gasteiger partial charge is 0.108 e. The van der Waals surface area contributed by atoms with Crippen LogP contribution in [0.2, 0.25) is 0 Å². The van der Waals surface area contributed by atoms with Crippen molar-refractivity contribution in [2.75, 3.05) is 0 Å². The number of hydrogen-bond acceptors (Lipinski definition) is 1. The van der Waals surface area contributed by atoms with Crippen LogP contribution < -0.4 is 0 Å². The molecule has 1 nitrogen and oxygen atoms in total. The highest BCUT2D eigenvalue weighted by molar-refractivity contribution is 5.27. The van der Waals surface area contributed by atoms with Crippen molar-refractivity contribution < 1.29 is 5.11 Å². The zero-order valence-corrected chi connectivity index (χ0v) is 14.0. The fourth-order valence-electron chi connectivity index (χ4n) is 3.40. The molecule has 0 spiro atoms. The summed E-state index contributed by atoms with van der Waals surface area (Å²) in [6.07, 6.45) is 19.4. The Hall–Kier alpha value is -1.08. The third kappa shape index (κ3) is 5.96. The van der Waals surface area contributed by atoms with Gasteiger partial charge in [-0.2, -0.15) is 0 Å². The largest absolute Gasteiger partial charge is 0.381 e. The van der Waals surface area contributed by atoms with Crippen molar-refractivity contribution >= 4 is 0 Å². The van der Waals surface area contributed by atoms with Crippen LogP contribution in [0, 0.1) is 0 Å². The number of allylic oxidation sites excluding steroid dienone is 1. The van der Waals surface area contributed by atoms with E-state index >= 15 is 0 Å². The highest BCUT2D eigenvalue weighted by atomic mass is 16.3. The molecule has 1 aromatic rings. The molecule has 0 aliphatic heterocycles. The molecule has 1 aromatic carbocycles. The van der Waals surface area contributed by atoms with E-state index in [1.165, 1.54) is 57.8 Å². The summed E-state index contributed by atoms with van der Waals surface area (Å²) >= 11 is 0. The van der Waals surface area contributed by atoms with Crippen LogP contribution in [0.1, 0.15) is 82.6 Å². The predicted molar refractivity (Wildman–Crippen MR) is 94.9 cm³/mol. The van der Waals surface area contributed by atoms with Crippen LogP contribution in [0.5, 0.6) is 0 Å². The monoisotopic (exact) mass is 300 g/mol. The third-order valence-corrected chi connectivity index (χ3v) is 4.85.